The van der Waals surface area contributed by atoms with Crippen LogP contribution >= 0.6 is 0 Å². The summed E-state index contributed by atoms with van der Waals surface area (Å²) < 4.78 is 11.4. The van der Waals surface area contributed by atoms with E-state index in [4.69, 9.17) is 9.47 Å². The first-order valence-electron chi connectivity index (χ1n) is 9.89. The molecule has 0 bridgehead atoms. The number of aliphatic hydroxyl groups is 5. The first-order chi connectivity index (χ1) is 15.1. The van der Waals surface area contributed by atoms with Crippen molar-refractivity contribution in [3.8, 4) is 28.7 Å². The number of ether oxygens (including phenoxy) is 2. The van der Waals surface area contributed by atoms with Crippen molar-refractivity contribution < 1.29 is 55.4 Å². The van der Waals surface area contributed by atoms with E-state index in [1.807, 2.05) is 0 Å². The van der Waals surface area contributed by atoms with Crippen molar-refractivity contribution in [2.45, 2.75) is 49.1 Å². The van der Waals surface area contributed by atoms with Gasteiger partial charge in [0.05, 0.1) is 18.3 Å². The molecule has 0 aromatic heterocycles. The summed E-state index contributed by atoms with van der Waals surface area (Å²) in [6.07, 6.45) is -10.6. The average Bonchev–Trinajstić information content (AvgIpc) is 2.77. The van der Waals surface area contributed by atoms with Crippen LogP contribution in [0.15, 0.2) is 24.3 Å². The lowest BCUT2D eigenvalue weighted by Crippen LogP contribution is -2.55. The van der Waals surface area contributed by atoms with Gasteiger partial charge in [-0.15, -0.1) is 0 Å². The molecule has 2 aliphatic rings. The molecule has 174 valence electrons. The SMILES string of the molecule is OCC1OC(c2c(O)c(O)c(O)c3c2OC(c2cccc(O)c2)C(O)C3)C(O)C(O)C1O. The van der Waals surface area contributed by atoms with E-state index in [0.717, 1.165) is 0 Å². The Balaban J connectivity index is 1.85. The second-order valence-electron chi connectivity index (χ2n) is 7.92. The maximum absolute atomic E-state index is 10.6. The smallest absolute Gasteiger partial charge is 0.201 e. The summed E-state index contributed by atoms with van der Waals surface area (Å²) in [5, 5.41) is 91.8. The standard InChI is InChI=1S/C21H24O11/c22-6-11-14(26)17(29)18(30)21(31-11)12-15(27)16(28)13(25)9-5-10(24)19(32-20(9)12)7-2-1-3-8(23)4-7/h1-4,10-11,14,17-19,21-30H,5-6H2. The lowest BCUT2D eigenvalue weighted by atomic mass is 9.86. The molecule has 0 spiro atoms. The number of phenols is 4. The van der Waals surface area contributed by atoms with Crippen molar-refractivity contribution in [3.05, 3.63) is 41.0 Å². The number of aliphatic hydroxyl groups excluding tert-OH is 5. The fourth-order valence-electron chi connectivity index (χ4n) is 4.20. The fraction of sp³-hybridized carbons (Fsp3) is 0.429. The highest BCUT2D eigenvalue weighted by Crippen LogP contribution is 2.55. The highest BCUT2D eigenvalue weighted by Gasteiger charge is 2.48. The number of aromatic hydroxyl groups is 4. The molecule has 0 amide bonds. The summed E-state index contributed by atoms with van der Waals surface area (Å²) in [4.78, 5) is 0. The Labute approximate surface area is 181 Å². The van der Waals surface area contributed by atoms with Crippen molar-refractivity contribution in [1.29, 1.82) is 0 Å². The molecule has 0 radical (unpaired) electrons. The molecule has 9 N–H and O–H groups in total. The van der Waals surface area contributed by atoms with Gasteiger partial charge >= 0.3 is 0 Å². The summed E-state index contributed by atoms with van der Waals surface area (Å²) in [5.41, 5.74) is -0.0598. The van der Waals surface area contributed by atoms with Gasteiger partial charge in [-0.1, -0.05) is 12.1 Å². The number of benzene rings is 2. The molecule has 11 heteroatoms. The molecule has 2 aliphatic heterocycles. The summed E-state index contributed by atoms with van der Waals surface area (Å²) >= 11 is 0. The molecular formula is C21H24O11. The van der Waals surface area contributed by atoms with Crippen molar-refractivity contribution in [2.75, 3.05) is 6.61 Å². The first kappa shape index (κ1) is 22.4. The third-order valence-electron chi connectivity index (χ3n) is 5.89. The van der Waals surface area contributed by atoms with Crippen LogP contribution in [0.4, 0.5) is 0 Å². The molecule has 7 atom stereocenters. The van der Waals surface area contributed by atoms with Gasteiger partial charge in [0.25, 0.3) is 0 Å². The molecule has 0 aliphatic carbocycles. The van der Waals surface area contributed by atoms with E-state index in [1.54, 1.807) is 6.07 Å². The van der Waals surface area contributed by atoms with Gasteiger partial charge in [0.15, 0.2) is 11.5 Å². The zero-order valence-corrected chi connectivity index (χ0v) is 16.6. The molecule has 1 fully saturated rings. The Morgan fingerprint density at radius 2 is 1.56 bits per heavy atom. The Bertz CT molecular complexity index is 1010. The maximum Gasteiger partial charge on any atom is 0.201 e. The maximum atomic E-state index is 10.6. The third-order valence-corrected chi connectivity index (χ3v) is 5.89. The predicted molar refractivity (Wildman–Crippen MR) is 105 cm³/mol. The number of phenolic OH excluding ortho intramolecular Hbond substituents is 4. The minimum Gasteiger partial charge on any atom is -0.508 e. The van der Waals surface area contributed by atoms with Crippen LogP contribution in [0.25, 0.3) is 0 Å². The molecule has 2 aromatic carbocycles. The molecule has 7 unspecified atom stereocenters. The zero-order valence-electron chi connectivity index (χ0n) is 16.6. The van der Waals surface area contributed by atoms with E-state index in [1.165, 1.54) is 18.2 Å². The van der Waals surface area contributed by atoms with E-state index in [-0.39, 0.29) is 29.0 Å². The zero-order chi connectivity index (χ0) is 23.3. The highest BCUT2D eigenvalue weighted by molar-refractivity contribution is 5.67. The predicted octanol–water partition coefficient (Wildman–Crippen LogP) is -0.939. The van der Waals surface area contributed by atoms with Gasteiger partial charge < -0.3 is 55.4 Å². The van der Waals surface area contributed by atoms with Crippen LogP contribution in [0.3, 0.4) is 0 Å². The van der Waals surface area contributed by atoms with Crippen LogP contribution in [0.1, 0.15) is 28.9 Å². The van der Waals surface area contributed by atoms with E-state index in [0.29, 0.717) is 5.56 Å². The second-order valence-corrected chi connectivity index (χ2v) is 7.92. The molecular weight excluding hydrogens is 428 g/mol. The van der Waals surface area contributed by atoms with Gasteiger partial charge in [0.2, 0.25) is 5.75 Å². The molecule has 1 saturated heterocycles. The molecule has 0 saturated carbocycles. The molecule has 4 rings (SSSR count). The monoisotopic (exact) mass is 452 g/mol. The van der Waals surface area contributed by atoms with Gasteiger partial charge in [-0.05, 0) is 17.7 Å². The molecule has 32 heavy (non-hydrogen) atoms. The molecule has 2 heterocycles. The van der Waals surface area contributed by atoms with E-state index in [9.17, 15) is 46.0 Å². The summed E-state index contributed by atoms with van der Waals surface area (Å²) in [5.74, 6) is -2.92. The van der Waals surface area contributed by atoms with E-state index >= 15 is 0 Å². The van der Waals surface area contributed by atoms with Crippen molar-refractivity contribution in [2.24, 2.45) is 0 Å². The number of hydrogen-bond donors (Lipinski definition) is 9. The van der Waals surface area contributed by atoms with Crippen molar-refractivity contribution in [1.82, 2.24) is 0 Å². The minimum atomic E-state index is -1.80. The Morgan fingerprint density at radius 1 is 0.844 bits per heavy atom. The second kappa shape index (κ2) is 8.28. The normalized spacial score (nSPS) is 32.2. The van der Waals surface area contributed by atoms with Gasteiger partial charge in [-0.25, -0.2) is 0 Å². The van der Waals surface area contributed by atoms with Gasteiger partial charge in [-0.2, -0.15) is 0 Å². The van der Waals surface area contributed by atoms with Crippen LogP contribution < -0.4 is 4.74 Å². The molecule has 2 aromatic rings. The lowest BCUT2D eigenvalue weighted by molar-refractivity contribution is -0.232. The number of hydrogen-bond acceptors (Lipinski definition) is 11. The van der Waals surface area contributed by atoms with Crippen LogP contribution in [0, 0.1) is 0 Å². The third kappa shape index (κ3) is 3.48. The first-order valence-corrected chi connectivity index (χ1v) is 9.89. The lowest BCUT2D eigenvalue weighted by Gasteiger charge is -2.42. The van der Waals surface area contributed by atoms with Crippen molar-refractivity contribution in [3.63, 3.8) is 0 Å². The van der Waals surface area contributed by atoms with Gasteiger partial charge in [0.1, 0.15) is 48.1 Å². The van der Waals surface area contributed by atoms with E-state index in [2.05, 4.69) is 0 Å². The quantitative estimate of drug-likeness (QED) is 0.260. The Hall–Kier alpha value is -2.80. The van der Waals surface area contributed by atoms with E-state index < -0.39 is 66.6 Å². The van der Waals surface area contributed by atoms with Crippen LogP contribution in [-0.2, 0) is 11.2 Å². The summed E-state index contributed by atoms with van der Waals surface area (Å²) in [7, 11) is 0. The van der Waals surface area contributed by atoms with Gasteiger partial charge in [-0.3, -0.25) is 0 Å². The van der Waals surface area contributed by atoms with Gasteiger partial charge in [0, 0.05) is 12.0 Å². The number of fused-ring (bicyclic) bond motifs is 1. The summed E-state index contributed by atoms with van der Waals surface area (Å²) in [6, 6.07) is 5.88. The summed E-state index contributed by atoms with van der Waals surface area (Å²) in [6.45, 7) is -0.722. The van der Waals surface area contributed by atoms with Crippen LogP contribution in [-0.4, -0.2) is 83.1 Å². The Morgan fingerprint density at radius 3 is 2.22 bits per heavy atom. The molecule has 11 nitrogen and oxygen atoms in total. The van der Waals surface area contributed by atoms with Crippen LogP contribution in [0.5, 0.6) is 28.7 Å². The largest absolute Gasteiger partial charge is 0.508 e. The van der Waals surface area contributed by atoms with Crippen LogP contribution in [0.2, 0.25) is 0 Å². The number of rotatable bonds is 3. The van der Waals surface area contributed by atoms with Crippen molar-refractivity contribution >= 4 is 0 Å². The average molecular weight is 452 g/mol. The highest BCUT2D eigenvalue weighted by atomic mass is 16.5. The minimum absolute atomic E-state index is 0.0869. The fourth-order valence-corrected chi connectivity index (χ4v) is 4.20. The topological polar surface area (TPSA) is 201 Å². The Kier molecular flexibility index (Phi) is 5.79.